The number of ether oxygens (including phenoxy) is 2. The lowest BCUT2D eigenvalue weighted by Gasteiger charge is -2.23. The molecule has 8 heteroatoms. The molecule has 96 valence electrons. The Hall–Kier alpha value is -1.73. The average Bonchev–Trinajstić information content (AvgIpc) is 2.27. The molecule has 0 aromatic heterocycles. The molecule has 0 aromatic carbocycles. The van der Waals surface area contributed by atoms with Crippen molar-refractivity contribution >= 4 is 11.9 Å². The number of methoxy groups -OCH3 is 1. The largest absolute Gasteiger partial charge is 0.485 e. The first kappa shape index (κ1) is 13.3. The predicted molar refractivity (Wildman–Crippen MR) is 48.7 cm³/mol. The molecule has 0 saturated heterocycles. The summed E-state index contributed by atoms with van der Waals surface area (Å²) in [7, 11) is 1.16. The van der Waals surface area contributed by atoms with Crippen molar-refractivity contribution in [3.8, 4) is 0 Å². The summed E-state index contributed by atoms with van der Waals surface area (Å²) in [5.41, 5.74) is 0. The second kappa shape index (κ2) is 5.07. The summed E-state index contributed by atoms with van der Waals surface area (Å²) in [6.07, 6.45) is -3.57. The van der Waals surface area contributed by atoms with Gasteiger partial charge in [0.25, 0.3) is 0 Å². The number of hydrogen-bond acceptors (Lipinski definition) is 4. The van der Waals surface area contributed by atoms with Crippen LogP contribution in [0.15, 0.2) is 11.8 Å². The minimum Gasteiger partial charge on any atom is -0.485 e. The third kappa shape index (κ3) is 3.65. The molecule has 1 aliphatic rings. The third-order valence-corrected chi connectivity index (χ3v) is 2.01. The van der Waals surface area contributed by atoms with Gasteiger partial charge in [-0.05, 0) is 12.5 Å². The summed E-state index contributed by atoms with van der Waals surface area (Å²) in [5.74, 6) is -2.79. The standard InChI is InChI=1S/C9H10F3NO4/c1-16-7(14)6-3-2-5(4-17-6)13-8(15)9(10,11)12/h3,5H,2,4H2,1H3,(H,13,15). The molecule has 1 aliphatic heterocycles. The molecule has 0 aromatic rings. The summed E-state index contributed by atoms with van der Waals surface area (Å²) in [4.78, 5) is 21.6. The number of rotatable bonds is 2. The van der Waals surface area contributed by atoms with Gasteiger partial charge in [-0.3, -0.25) is 4.79 Å². The van der Waals surface area contributed by atoms with Gasteiger partial charge in [0, 0.05) is 0 Å². The van der Waals surface area contributed by atoms with Gasteiger partial charge in [-0.15, -0.1) is 0 Å². The van der Waals surface area contributed by atoms with E-state index in [2.05, 4.69) is 4.74 Å². The first-order valence-corrected chi connectivity index (χ1v) is 4.63. The molecule has 1 atom stereocenters. The van der Waals surface area contributed by atoms with E-state index in [-0.39, 0.29) is 18.8 Å². The van der Waals surface area contributed by atoms with Gasteiger partial charge in [0.15, 0.2) is 0 Å². The molecule has 1 rings (SSSR count). The molecule has 5 nitrogen and oxygen atoms in total. The average molecular weight is 253 g/mol. The molecule has 0 bridgehead atoms. The van der Waals surface area contributed by atoms with E-state index >= 15 is 0 Å². The second-order valence-corrected chi connectivity index (χ2v) is 3.27. The van der Waals surface area contributed by atoms with Gasteiger partial charge in [-0.1, -0.05) is 0 Å². The number of halogens is 3. The highest BCUT2D eigenvalue weighted by molar-refractivity contribution is 5.86. The molecular weight excluding hydrogens is 243 g/mol. The number of carbonyl (C=O) groups excluding carboxylic acids is 2. The third-order valence-electron chi connectivity index (χ3n) is 2.01. The van der Waals surface area contributed by atoms with Crippen molar-refractivity contribution in [3.05, 3.63) is 11.8 Å². The Balaban J connectivity index is 2.50. The lowest BCUT2D eigenvalue weighted by molar-refractivity contribution is -0.174. The zero-order valence-corrected chi connectivity index (χ0v) is 8.84. The molecule has 0 saturated carbocycles. The molecule has 0 radical (unpaired) electrons. The minimum absolute atomic E-state index is 0.0648. The number of esters is 1. The second-order valence-electron chi connectivity index (χ2n) is 3.27. The first-order valence-electron chi connectivity index (χ1n) is 4.63. The fourth-order valence-electron chi connectivity index (χ4n) is 1.18. The molecular formula is C9H10F3NO4. The van der Waals surface area contributed by atoms with E-state index in [1.54, 1.807) is 5.32 Å². The van der Waals surface area contributed by atoms with Crippen LogP contribution in [-0.4, -0.2) is 37.8 Å². The zero-order valence-electron chi connectivity index (χ0n) is 8.84. The molecule has 1 unspecified atom stereocenters. The van der Waals surface area contributed by atoms with E-state index in [4.69, 9.17) is 4.74 Å². The van der Waals surface area contributed by atoms with Crippen LogP contribution in [0.2, 0.25) is 0 Å². The maximum absolute atomic E-state index is 11.9. The van der Waals surface area contributed by atoms with E-state index in [9.17, 15) is 22.8 Å². The van der Waals surface area contributed by atoms with Gasteiger partial charge < -0.3 is 14.8 Å². The summed E-state index contributed by atoms with van der Waals surface area (Å²) in [5, 5.41) is 1.75. The van der Waals surface area contributed by atoms with E-state index in [0.717, 1.165) is 7.11 Å². The highest BCUT2D eigenvalue weighted by Gasteiger charge is 2.40. The Morgan fingerprint density at radius 1 is 1.53 bits per heavy atom. The highest BCUT2D eigenvalue weighted by atomic mass is 19.4. The summed E-state index contributed by atoms with van der Waals surface area (Å²) >= 11 is 0. The fourth-order valence-corrected chi connectivity index (χ4v) is 1.18. The van der Waals surface area contributed by atoms with Gasteiger partial charge in [0.2, 0.25) is 5.76 Å². The van der Waals surface area contributed by atoms with Gasteiger partial charge in [-0.25, -0.2) is 4.79 Å². The fraction of sp³-hybridized carbons (Fsp3) is 0.556. The Kier molecular flexibility index (Phi) is 3.97. The Morgan fingerprint density at radius 3 is 2.59 bits per heavy atom. The monoisotopic (exact) mass is 253 g/mol. The van der Waals surface area contributed by atoms with Crippen LogP contribution in [-0.2, 0) is 19.1 Å². The SMILES string of the molecule is COC(=O)C1=CCC(NC(=O)C(F)(F)F)CO1. The van der Waals surface area contributed by atoms with Crippen molar-refractivity contribution in [2.75, 3.05) is 13.7 Å². The van der Waals surface area contributed by atoms with Crippen LogP contribution < -0.4 is 5.32 Å². The zero-order chi connectivity index (χ0) is 13.1. The smallest absolute Gasteiger partial charge is 0.471 e. The van der Waals surface area contributed by atoms with E-state index < -0.39 is 24.1 Å². The van der Waals surface area contributed by atoms with Gasteiger partial charge in [-0.2, -0.15) is 13.2 Å². The summed E-state index contributed by atoms with van der Waals surface area (Å²) in [6.45, 7) is -0.206. The minimum atomic E-state index is -4.92. The quantitative estimate of drug-likeness (QED) is 0.728. The first-order chi connectivity index (χ1) is 7.84. The van der Waals surface area contributed by atoms with Gasteiger partial charge in [0.1, 0.15) is 6.61 Å². The summed E-state index contributed by atoms with van der Waals surface area (Å²) in [6, 6.07) is -0.808. The normalized spacial score (nSPS) is 20.0. The van der Waals surface area contributed by atoms with Crippen LogP contribution >= 0.6 is 0 Å². The topological polar surface area (TPSA) is 64.6 Å². The van der Waals surface area contributed by atoms with E-state index in [1.165, 1.54) is 6.08 Å². The molecule has 0 spiro atoms. The van der Waals surface area contributed by atoms with Crippen LogP contribution in [0.5, 0.6) is 0 Å². The maximum atomic E-state index is 11.9. The summed E-state index contributed by atoms with van der Waals surface area (Å²) < 4.78 is 45.0. The molecule has 17 heavy (non-hydrogen) atoms. The van der Waals surface area contributed by atoms with Gasteiger partial charge >= 0.3 is 18.1 Å². The molecule has 1 amide bonds. The highest BCUT2D eigenvalue weighted by Crippen LogP contribution is 2.17. The lowest BCUT2D eigenvalue weighted by atomic mass is 10.1. The van der Waals surface area contributed by atoms with Crippen LogP contribution in [0, 0.1) is 0 Å². The number of amides is 1. The molecule has 1 N–H and O–H groups in total. The Morgan fingerprint density at radius 2 is 2.18 bits per heavy atom. The predicted octanol–water partition coefficient (Wildman–Crippen LogP) is 0.511. The van der Waals surface area contributed by atoms with Crippen molar-refractivity contribution in [1.82, 2.24) is 5.32 Å². The van der Waals surface area contributed by atoms with E-state index in [0.29, 0.717) is 0 Å². The van der Waals surface area contributed by atoms with E-state index in [1.807, 2.05) is 0 Å². The van der Waals surface area contributed by atoms with Crippen molar-refractivity contribution < 1.29 is 32.2 Å². The van der Waals surface area contributed by atoms with Crippen LogP contribution in [0.1, 0.15) is 6.42 Å². The number of alkyl halides is 3. The number of carbonyl (C=O) groups is 2. The van der Waals surface area contributed by atoms with Gasteiger partial charge in [0.05, 0.1) is 13.2 Å². The Bertz CT molecular complexity index is 351. The van der Waals surface area contributed by atoms with Crippen LogP contribution in [0.25, 0.3) is 0 Å². The van der Waals surface area contributed by atoms with Crippen molar-refractivity contribution in [2.24, 2.45) is 0 Å². The number of hydrogen-bond donors (Lipinski definition) is 1. The lowest BCUT2D eigenvalue weighted by Crippen LogP contribution is -2.46. The number of nitrogens with one attached hydrogen (secondary N) is 1. The molecule has 0 aliphatic carbocycles. The van der Waals surface area contributed by atoms with Crippen molar-refractivity contribution in [3.63, 3.8) is 0 Å². The maximum Gasteiger partial charge on any atom is 0.471 e. The van der Waals surface area contributed by atoms with Crippen molar-refractivity contribution in [2.45, 2.75) is 18.6 Å². The van der Waals surface area contributed by atoms with Crippen LogP contribution in [0.4, 0.5) is 13.2 Å². The Labute approximate surface area is 94.6 Å². The molecule has 0 fully saturated rings. The van der Waals surface area contributed by atoms with Crippen molar-refractivity contribution in [1.29, 1.82) is 0 Å². The molecule has 1 heterocycles. The van der Waals surface area contributed by atoms with Crippen LogP contribution in [0.3, 0.4) is 0 Å².